The third-order valence-corrected chi connectivity index (χ3v) is 3.67. The Kier molecular flexibility index (Phi) is 7.14. The highest BCUT2D eigenvalue weighted by molar-refractivity contribution is 4.78. The van der Waals surface area contributed by atoms with Gasteiger partial charge in [-0.05, 0) is 39.3 Å². The van der Waals surface area contributed by atoms with Gasteiger partial charge in [0.15, 0.2) is 0 Å². The molecule has 1 aliphatic carbocycles. The van der Waals surface area contributed by atoms with Gasteiger partial charge in [-0.25, -0.2) is 0 Å². The molecule has 1 rings (SSSR count). The number of hydrogen-bond donors (Lipinski definition) is 1. The predicted octanol–water partition coefficient (Wildman–Crippen LogP) is 3.28. The molecule has 1 atom stereocenters. The highest BCUT2D eigenvalue weighted by atomic mass is 15.1. The van der Waals surface area contributed by atoms with Crippen molar-refractivity contribution in [2.75, 3.05) is 20.6 Å². The van der Waals surface area contributed by atoms with Crippen LogP contribution >= 0.6 is 0 Å². The second kappa shape index (κ2) is 8.10. The van der Waals surface area contributed by atoms with Crippen molar-refractivity contribution in [2.45, 2.75) is 70.9 Å². The van der Waals surface area contributed by atoms with E-state index in [0.29, 0.717) is 6.04 Å². The lowest BCUT2D eigenvalue weighted by Gasteiger charge is -2.28. The van der Waals surface area contributed by atoms with Crippen LogP contribution in [-0.4, -0.2) is 37.6 Å². The van der Waals surface area contributed by atoms with E-state index in [4.69, 9.17) is 0 Å². The van der Waals surface area contributed by atoms with Crippen LogP contribution in [0.15, 0.2) is 0 Å². The fraction of sp³-hybridized carbons (Fsp3) is 1.00. The number of nitrogens with zero attached hydrogens (tertiary/aromatic N) is 1. The molecular formula is C15H32N2. The van der Waals surface area contributed by atoms with E-state index in [9.17, 15) is 0 Å². The Labute approximate surface area is 108 Å². The zero-order chi connectivity index (χ0) is 12.7. The Hall–Kier alpha value is -0.0800. The van der Waals surface area contributed by atoms with Crippen LogP contribution < -0.4 is 5.32 Å². The lowest BCUT2D eigenvalue weighted by atomic mass is 10.0. The smallest absolute Gasteiger partial charge is 0.0199 e. The topological polar surface area (TPSA) is 15.3 Å². The van der Waals surface area contributed by atoms with Gasteiger partial charge < -0.3 is 10.2 Å². The van der Waals surface area contributed by atoms with E-state index in [0.717, 1.165) is 12.0 Å². The first kappa shape index (κ1) is 15.0. The molecule has 1 N–H and O–H groups in total. The van der Waals surface area contributed by atoms with Crippen LogP contribution in [0.2, 0.25) is 0 Å². The Bertz CT molecular complexity index is 171. The van der Waals surface area contributed by atoms with E-state index in [1.54, 1.807) is 0 Å². The second-order valence-electron chi connectivity index (χ2n) is 6.44. The maximum atomic E-state index is 3.92. The van der Waals surface area contributed by atoms with Crippen LogP contribution in [0.4, 0.5) is 0 Å². The molecule has 0 aromatic heterocycles. The molecule has 1 unspecified atom stereocenters. The maximum absolute atomic E-state index is 3.92. The van der Waals surface area contributed by atoms with Gasteiger partial charge in [0.05, 0.1) is 0 Å². The minimum absolute atomic E-state index is 0.674. The highest BCUT2D eigenvalue weighted by Gasteiger charge is 2.18. The molecular weight excluding hydrogens is 208 g/mol. The first-order valence-corrected chi connectivity index (χ1v) is 7.48. The maximum Gasteiger partial charge on any atom is 0.0199 e. The fourth-order valence-electron chi connectivity index (χ4n) is 2.98. The van der Waals surface area contributed by atoms with E-state index in [-0.39, 0.29) is 0 Å². The number of likely N-dealkylation sites (N-methyl/N-ethyl adjacent to an activating group) is 1. The van der Waals surface area contributed by atoms with Crippen molar-refractivity contribution in [3.05, 3.63) is 0 Å². The van der Waals surface area contributed by atoms with Gasteiger partial charge in [0, 0.05) is 18.6 Å². The van der Waals surface area contributed by atoms with Gasteiger partial charge in [-0.15, -0.1) is 0 Å². The van der Waals surface area contributed by atoms with Gasteiger partial charge in [0.2, 0.25) is 0 Å². The van der Waals surface area contributed by atoms with Gasteiger partial charge in [-0.2, -0.15) is 0 Å². The molecule has 0 radical (unpaired) electrons. The summed E-state index contributed by atoms with van der Waals surface area (Å²) in [6.07, 6.45) is 9.82. The van der Waals surface area contributed by atoms with E-state index < -0.39 is 0 Å². The van der Waals surface area contributed by atoms with Crippen molar-refractivity contribution in [1.29, 1.82) is 0 Å². The molecule has 102 valence electrons. The van der Waals surface area contributed by atoms with Crippen molar-refractivity contribution < 1.29 is 0 Å². The predicted molar refractivity (Wildman–Crippen MR) is 76.4 cm³/mol. The highest BCUT2D eigenvalue weighted by Crippen LogP contribution is 2.18. The summed E-state index contributed by atoms with van der Waals surface area (Å²) in [5.74, 6) is 0.790. The van der Waals surface area contributed by atoms with Crippen molar-refractivity contribution in [2.24, 2.45) is 5.92 Å². The van der Waals surface area contributed by atoms with Crippen LogP contribution in [-0.2, 0) is 0 Å². The molecule has 1 aliphatic rings. The molecule has 0 spiro atoms. The normalized spacial score (nSPS) is 20.8. The summed E-state index contributed by atoms with van der Waals surface area (Å²) in [5, 5.41) is 3.92. The SMILES string of the molecule is CC(C)CC(CN(C)C)NC1CCCCCC1. The van der Waals surface area contributed by atoms with Gasteiger partial charge in [0.25, 0.3) is 0 Å². The summed E-state index contributed by atoms with van der Waals surface area (Å²) in [6.45, 7) is 5.84. The summed E-state index contributed by atoms with van der Waals surface area (Å²) in [4.78, 5) is 2.32. The molecule has 1 fully saturated rings. The molecule has 1 saturated carbocycles. The lowest BCUT2D eigenvalue weighted by Crippen LogP contribution is -2.44. The van der Waals surface area contributed by atoms with E-state index in [1.807, 2.05) is 0 Å². The van der Waals surface area contributed by atoms with Crippen LogP contribution in [0, 0.1) is 5.92 Å². The Morgan fingerprint density at radius 2 is 1.65 bits per heavy atom. The molecule has 2 heteroatoms. The second-order valence-corrected chi connectivity index (χ2v) is 6.44. The van der Waals surface area contributed by atoms with Gasteiger partial charge in [-0.3, -0.25) is 0 Å². The van der Waals surface area contributed by atoms with E-state index >= 15 is 0 Å². The zero-order valence-corrected chi connectivity index (χ0v) is 12.3. The number of hydrogen-bond acceptors (Lipinski definition) is 2. The molecule has 0 amide bonds. The summed E-state index contributed by atoms with van der Waals surface area (Å²) in [7, 11) is 4.37. The summed E-state index contributed by atoms with van der Waals surface area (Å²) in [5.41, 5.74) is 0. The first-order chi connectivity index (χ1) is 8.08. The number of rotatable bonds is 6. The quantitative estimate of drug-likeness (QED) is 0.717. The average Bonchev–Trinajstić information content (AvgIpc) is 2.44. The molecule has 0 aliphatic heterocycles. The molecule has 2 nitrogen and oxygen atoms in total. The lowest BCUT2D eigenvalue weighted by molar-refractivity contribution is 0.276. The number of nitrogens with one attached hydrogen (secondary N) is 1. The average molecular weight is 240 g/mol. The van der Waals surface area contributed by atoms with Crippen molar-refractivity contribution in [3.8, 4) is 0 Å². The summed E-state index contributed by atoms with van der Waals surface area (Å²) >= 11 is 0. The molecule has 17 heavy (non-hydrogen) atoms. The third kappa shape index (κ3) is 7.05. The van der Waals surface area contributed by atoms with Gasteiger partial charge in [-0.1, -0.05) is 39.5 Å². The Morgan fingerprint density at radius 1 is 1.06 bits per heavy atom. The van der Waals surface area contributed by atoms with E-state index in [1.165, 1.54) is 51.5 Å². The third-order valence-electron chi connectivity index (χ3n) is 3.67. The van der Waals surface area contributed by atoms with Crippen LogP contribution in [0.25, 0.3) is 0 Å². The molecule has 0 saturated heterocycles. The van der Waals surface area contributed by atoms with Gasteiger partial charge >= 0.3 is 0 Å². The largest absolute Gasteiger partial charge is 0.310 e. The molecule has 0 aromatic rings. The molecule has 0 heterocycles. The summed E-state index contributed by atoms with van der Waals surface area (Å²) in [6, 6.07) is 1.45. The van der Waals surface area contributed by atoms with Crippen molar-refractivity contribution in [1.82, 2.24) is 10.2 Å². The van der Waals surface area contributed by atoms with Crippen LogP contribution in [0.3, 0.4) is 0 Å². The monoisotopic (exact) mass is 240 g/mol. The van der Waals surface area contributed by atoms with Crippen molar-refractivity contribution in [3.63, 3.8) is 0 Å². The molecule has 0 bridgehead atoms. The van der Waals surface area contributed by atoms with Gasteiger partial charge in [0.1, 0.15) is 0 Å². The fourth-order valence-corrected chi connectivity index (χ4v) is 2.98. The van der Waals surface area contributed by atoms with Crippen molar-refractivity contribution >= 4 is 0 Å². The van der Waals surface area contributed by atoms with E-state index in [2.05, 4.69) is 38.2 Å². The standard InChI is InChI=1S/C15H32N2/c1-13(2)11-15(12-17(3)4)16-14-9-7-5-6-8-10-14/h13-16H,5-12H2,1-4H3. The minimum Gasteiger partial charge on any atom is -0.310 e. The summed E-state index contributed by atoms with van der Waals surface area (Å²) < 4.78 is 0. The zero-order valence-electron chi connectivity index (χ0n) is 12.3. The first-order valence-electron chi connectivity index (χ1n) is 7.48. The Balaban J connectivity index is 2.39. The molecule has 0 aromatic carbocycles. The Morgan fingerprint density at radius 3 is 2.12 bits per heavy atom. The van der Waals surface area contributed by atoms with Crippen LogP contribution in [0.5, 0.6) is 0 Å². The van der Waals surface area contributed by atoms with Crippen LogP contribution in [0.1, 0.15) is 58.8 Å². The minimum atomic E-state index is 0.674.